The van der Waals surface area contributed by atoms with Crippen molar-refractivity contribution in [3.05, 3.63) is 65.7 Å². The zero-order valence-electron chi connectivity index (χ0n) is 19.4. The molecule has 0 N–H and O–H groups in total. The van der Waals surface area contributed by atoms with Gasteiger partial charge in [-0.1, -0.05) is 30.3 Å². The lowest BCUT2D eigenvalue weighted by atomic mass is 9.89. The molecule has 0 aromatic heterocycles. The van der Waals surface area contributed by atoms with Crippen LogP contribution in [-0.4, -0.2) is 26.2 Å². The molecule has 5 nitrogen and oxygen atoms in total. The summed E-state index contributed by atoms with van der Waals surface area (Å²) in [5.41, 5.74) is 2.48. The van der Waals surface area contributed by atoms with E-state index in [0.717, 1.165) is 30.0 Å². The van der Waals surface area contributed by atoms with Gasteiger partial charge in [-0.3, -0.25) is 4.79 Å². The molecule has 1 unspecified atom stereocenters. The van der Waals surface area contributed by atoms with Crippen molar-refractivity contribution in [3.63, 3.8) is 0 Å². The Labute approximate surface area is 194 Å². The zero-order valence-corrected chi connectivity index (χ0v) is 19.4. The van der Waals surface area contributed by atoms with Gasteiger partial charge < -0.3 is 19.1 Å². The van der Waals surface area contributed by atoms with Crippen molar-refractivity contribution >= 4 is 28.5 Å². The number of nitrogens with zero attached hydrogens (tertiary/aromatic N) is 1. The number of ether oxygens (including phenoxy) is 3. The second kappa shape index (κ2) is 8.47. The standard InChI is InChI=1S/C28H29NO4/c1-19(30)32-20-11-12-24(27(17-20)31-3)28(2)14-13-23-21-9-5-6-10-22(21)25(18-26(23)33-28)29-15-7-4-8-16-29/h5-6,9-14,17-18H,4,7-8,15-16H2,1-3H3. The molecule has 2 heterocycles. The number of carbonyl (C=O) groups excluding carboxylic acids is 1. The lowest BCUT2D eigenvalue weighted by Gasteiger charge is -2.36. The van der Waals surface area contributed by atoms with Crippen molar-refractivity contribution in [2.45, 2.75) is 38.7 Å². The largest absolute Gasteiger partial charge is 0.496 e. The van der Waals surface area contributed by atoms with Gasteiger partial charge in [0.2, 0.25) is 0 Å². The molecule has 2 aliphatic heterocycles. The van der Waals surface area contributed by atoms with Gasteiger partial charge >= 0.3 is 5.97 Å². The van der Waals surface area contributed by atoms with Crippen molar-refractivity contribution in [2.24, 2.45) is 0 Å². The van der Waals surface area contributed by atoms with Crippen LogP contribution in [0, 0.1) is 0 Å². The Morgan fingerprint density at radius 1 is 1.03 bits per heavy atom. The molecular weight excluding hydrogens is 414 g/mol. The number of fused-ring (bicyclic) bond motifs is 3. The first-order valence-corrected chi connectivity index (χ1v) is 11.5. The summed E-state index contributed by atoms with van der Waals surface area (Å²) in [5.74, 6) is 1.56. The van der Waals surface area contributed by atoms with Gasteiger partial charge in [0.25, 0.3) is 0 Å². The highest BCUT2D eigenvalue weighted by Gasteiger charge is 2.34. The molecule has 1 atom stereocenters. The molecule has 0 aliphatic carbocycles. The fourth-order valence-corrected chi connectivity index (χ4v) is 4.97. The molecule has 1 saturated heterocycles. The molecule has 0 saturated carbocycles. The van der Waals surface area contributed by atoms with Gasteiger partial charge in [-0.05, 0) is 49.8 Å². The summed E-state index contributed by atoms with van der Waals surface area (Å²) >= 11 is 0. The number of anilines is 1. The van der Waals surface area contributed by atoms with E-state index in [1.807, 2.05) is 13.0 Å². The Bertz CT molecular complexity index is 1240. The predicted molar refractivity (Wildman–Crippen MR) is 131 cm³/mol. The smallest absolute Gasteiger partial charge is 0.308 e. The molecule has 33 heavy (non-hydrogen) atoms. The quantitative estimate of drug-likeness (QED) is 0.361. The van der Waals surface area contributed by atoms with Gasteiger partial charge in [-0.2, -0.15) is 0 Å². The number of benzene rings is 3. The molecular formula is C28H29NO4. The lowest BCUT2D eigenvalue weighted by Crippen LogP contribution is -2.31. The molecule has 0 radical (unpaired) electrons. The number of rotatable bonds is 4. The van der Waals surface area contributed by atoms with Gasteiger partial charge in [-0.15, -0.1) is 0 Å². The summed E-state index contributed by atoms with van der Waals surface area (Å²) in [4.78, 5) is 13.9. The maximum absolute atomic E-state index is 11.4. The van der Waals surface area contributed by atoms with Crippen LogP contribution < -0.4 is 19.1 Å². The average Bonchev–Trinajstić information content (AvgIpc) is 2.83. The zero-order chi connectivity index (χ0) is 23.0. The third-order valence-corrected chi connectivity index (χ3v) is 6.58. The second-order valence-corrected chi connectivity index (χ2v) is 8.90. The van der Waals surface area contributed by atoms with Crippen LogP contribution in [0.3, 0.4) is 0 Å². The normalized spacial score (nSPS) is 19.7. The third kappa shape index (κ3) is 3.92. The van der Waals surface area contributed by atoms with Crippen molar-refractivity contribution < 1.29 is 19.0 Å². The van der Waals surface area contributed by atoms with Crippen LogP contribution in [0.15, 0.2) is 54.6 Å². The van der Waals surface area contributed by atoms with E-state index < -0.39 is 5.60 Å². The lowest BCUT2D eigenvalue weighted by molar-refractivity contribution is -0.131. The summed E-state index contributed by atoms with van der Waals surface area (Å²) in [5, 5.41) is 2.46. The Morgan fingerprint density at radius 3 is 2.52 bits per heavy atom. The van der Waals surface area contributed by atoms with Crippen LogP contribution in [0.4, 0.5) is 5.69 Å². The van der Waals surface area contributed by atoms with Crippen molar-refractivity contribution in [1.29, 1.82) is 0 Å². The highest BCUT2D eigenvalue weighted by Crippen LogP contribution is 2.46. The minimum atomic E-state index is -0.727. The van der Waals surface area contributed by atoms with E-state index in [-0.39, 0.29) is 5.97 Å². The van der Waals surface area contributed by atoms with Gasteiger partial charge in [0, 0.05) is 54.3 Å². The van der Waals surface area contributed by atoms with Crippen LogP contribution in [-0.2, 0) is 10.4 Å². The number of methoxy groups -OCH3 is 1. The molecule has 3 aromatic rings. The number of piperidine rings is 1. The van der Waals surface area contributed by atoms with Gasteiger partial charge in [-0.25, -0.2) is 0 Å². The van der Waals surface area contributed by atoms with E-state index in [0.29, 0.717) is 11.5 Å². The Kier molecular flexibility index (Phi) is 5.49. The topological polar surface area (TPSA) is 48.0 Å². The summed E-state index contributed by atoms with van der Waals surface area (Å²) in [6, 6.07) is 16.2. The first kappa shape index (κ1) is 21.4. The maximum atomic E-state index is 11.4. The predicted octanol–water partition coefficient (Wildman–Crippen LogP) is 6.09. The SMILES string of the molecule is COc1cc(OC(C)=O)ccc1C1(C)C=Cc2c(cc(N3CCCCC3)c3ccccc23)O1. The van der Waals surface area contributed by atoms with E-state index in [1.165, 1.54) is 42.6 Å². The van der Waals surface area contributed by atoms with Crippen LogP contribution in [0.2, 0.25) is 0 Å². The third-order valence-electron chi connectivity index (χ3n) is 6.58. The summed E-state index contributed by atoms with van der Waals surface area (Å²) < 4.78 is 17.6. The molecule has 5 heteroatoms. The Balaban J connectivity index is 1.59. The van der Waals surface area contributed by atoms with Crippen LogP contribution in [0.1, 0.15) is 44.2 Å². The highest BCUT2D eigenvalue weighted by molar-refractivity contribution is 6.02. The van der Waals surface area contributed by atoms with Crippen LogP contribution in [0.5, 0.6) is 17.2 Å². The summed E-state index contributed by atoms with van der Waals surface area (Å²) in [7, 11) is 1.61. The fourth-order valence-electron chi connectivity index (χ4n) is 4.97. The van der Waals surface area contributed by atoms with E-state index in [1.54, 1.807) is 19.2 Å². The molecule has 2 aliphatic rings. The van der Waals surface area contributed by atoms with Crippen molar-refractivity contribution in [3.8, 4) is 17.2 Å². The van der Waals surface area contributed by atoms with Crippen molar-refractivity contribution in [2.75, 3.05) is 25.1 Å². The van der Waals surface area contributed by atoms with E-state index in [2.05, 4.69) is 47.4 Å². The first-order chi connectivity index (χ1) is 16.0. The molecule has 3 aromatic carbocycles. The maximum Gasteiger partial charge on any atom is 0.308 e. The highest BCUT2D eigenvalue weighted by atomic mass is 16.5. The fraction of sp³-hybridized carbons (Fsp3) is 0.321. The van der Waals surface area contributed by atoms with E-state index in [4.69, 9.17) is 14.2 Å². The molecule has 0 amide bonds. The number of hydrogen-bond acceptors (Lipinski definition) is 5. The van der Waals surface area contributed by atoms with Gasteiger partial charge in [0.05, 0.1) is 7.11 Å². The molecule has 170 valence electrons. The molecule has 0 spiro atoms. The van der Waals surface area contributed by atoms with Crippen LogP contribution >= 0.6 is 0 Å². The summed E-state index contributed by atoms with van der Waals surface area (Å²) in [6.45, 7) is 5.56. The minimum absolute atomic E-state index is 0.365. The minimum Gasteiger partial charge on any atom is -0.496 e. The number of esters is 1. The molecule has 0 bridgehead atoms. The van der Waals surface area contributed by atoms with Gasteiger partial charge in [0.15, 0.2) is 5.60 Å². The van der Waals surface area contributed by atoms with Crippen LogP contribution in [0.25, 0.3) is 16.8 Å². The molecule has 1 fully saturated rings. The number of hydrogen-bond donors (Lipinski definition) is 0. The van der Waals surface area contributed by atoms with Crippen molar-refractivity contribution in [1.82, 2.24) is 0 Å². The number of carbonyl (C=O) groups is 1. The summed E-state index contributed by atoms with van der Waals surface area (Å²) in [6.07, 6.45) is 7.96. The average molecular weight is 444 g/mol. The Hall–Kier alpha value is -3.47. The molecule has 5 rings (SSSR count). The monoisotopic (exact) mass is 443 g/mol. The second-order valence-electron chi connectivity index (χ2n) is 8.90. The van der Waals surface area contributed by atoms with E-state index in [9.17, 15) is 4.79 Å². The van der Waals surface area contributed by atoms with Gasteiger partial charge in [0.1, 0.15) is 17.2 Å². The first-order valence-electron chi connectivity index (χ1n) is 11.5. The Morgan fingerprint density at radius 2 is 1.79 bits per heavy atom. The van der Waals surface area contributed by atoms with E-state index >= 15 is 0 Å².